The molecule has 1 saturated heterocycles. The number of aromatic nitrogens is 1. The molecular weight excluding hydrogens is 459 g/mol. The van der Waals surface area contributed by atoms with Crippen LogP contribution in [0.3, 0.4) is 0 Å². The summed E-state index contributed by atoms with van der Waals surface area (Å²) in [5, 5.41) is 6.65. The Kier molecular flexibility index (Phi) is 7.00. The molecule has 2 heterocycles. The van der Waals surface area contributed by atoms with Gasteiger partial charge in [-0.1, -0.05) is 41.9 Å². The third-order valence-electron chi connectivity index (χ3n) is 6.29. The fourth-order valence-electron chi connectivity index (χ4n) is 4.45. The van der Waals surface area contributed by atoms with Crippen molar-refractivity contribution in [3.63, 3.8) is 0 Å². The first kappa shape index (κ1) is 23.9. The molecule has 1 aliphatic heterocycles. The van der Waals surface area contributed by atoms with Gasteiger partial charge >= 0.3 is 0 Å². The van der Waals surface area contributed by atoms with Gasteiger partial charge in [0, 0.05) is 47.4 Å². The molecule has 1 fully saturated rings. The summed E-state index contributed by atoms with van der Waals surface area (Å²) in [4.78, 5) is 39.9. The predicted molar refractivity (Wildman–Crippen MR) is 128 cm³/mol. The SMILES string of the molecule is CN[C@H]1C[C@@H](C(=O)NCc2cccc(Cl)c2F)N(C(=O)Cn2cc(C(C)=O)c3ccccc32)C1. The number of nitrogens with zero attached hydrogens (tertiary/aromatic N) is 2. The number of amides is 2. The van der Waals surface area contributed by atoms with E-state index in [9.17, 15) is 18.8 Å². The van der Waals surface area contributed by atoms with E-state index in [1.165, 1.54) is 13.0 Å². The van der Waals surface area contributed by atoms with Crippen LogP contribution in [0, 0.1) is 5.82 Å². The van der Waals surface area contributed by atoms with Crippen LogP contribution in [0.25, 0.3) is 10.9 Å². The summed E-state index contributed by atoms with van der Waals surface area (Å²) in [7, 11) is 1.79. The maximum absolute atomic E-state index is 14.2. The maximum Gasteiger partial charge on any atom is 0.243 e. The summed E-state index contributed by atoms with van der Waals surface area (Å²) < 4.78 is 15.9. The molecule has 2 N–H and O–H groups in total. The van der Waals surface area contributed by atoms with E-state index in [0.29, 0.717) is 18.5 Å². The van der Waals surface area contributed by atoms with Gasteiger partial charge in [0.2, 0.25) is 11.8 Å². The van der Waals surface area contributed by atoms with Crippen molar-refractivity contribution >= 4 is 40.1 Å². The van der Waals surface area contributed by atoms with Crippen molar-refractivity contribution in [2.24, 2.45) is 0 Å². The highest BCUT2D eigenvalue weighted by Crippen LogP contribution is 2.24. The molecule has 0 bridgehead atoms. The number of halogens is 2. The average Bonchev–Trinajstić information content (AvgIpc) is 3.42. The smallest absolute Gasteiger partial charge is 0.243 e. The van der Waals surface area contributed by atoms with Crippen LogP contribution in [0.2, 0.25) is 5.02 Å². The summed E-state index contributed by atoms with van der Waals surface area (Å²) >= 11 is 5.83. The number of nitrogens with one attached hydrogen (secondary N) is 2. The first-order valence-corrected chi connectivity index (χ1v) is 11.4. The third-order valence-corrected chi connectivity index (χ3v) is 6.58. The van der Waals surface area contributed by atoms with Crippen molar-refractivity contribution in [3.8, 4) is 0 Å². The molecular formula is C25H26ClFN4O3. The lowest BCUT2D eigenvalue weighted by Crippen LogP contribution is -2.46. The number of carbonyl (C=O) groups excluding carboxylic acids is 3. The van der Waals surface area contributed by atoms with E-state index in [0.717, 1.165) is 10.9 Å². The van der Waals surface area contributed by atoms with E-state index in [1.54, 1.807) is 34.8 Å². The van der Waals surface area contributed by atoms with E-state index in [4.69, 9.17) is 11.6 Å². The second kappa shape index (κ2) is 9.95. The van der Waals surface area contributed by atoms with Crippen molar-refractivity contribution in [2.75, 3.05) is 13.6 Å². The van der Waals surface area contributed by atoms with Crippen molar-refractivity contribution in [3.05, 3.63) is 70.6 Å². The lowest BCUT2D eigenvalue weighted by Gasteiger charge is -2.24. The number of carbonyl (C=O) groups is 3. The van der Waals surface area contributed by atoms with Crippen molar-refractivity contribution < 1.29 is 18.8 Å². The van der Waals surface area contributed by atoms with Crippen LogP contribution in [-0.4, -0.2) is 52.7 Å². The second-order valence-electron chi connectivity index (χ2n) is 8.46. The van der Waals surface area contributed by atoms with Gasteiger partial charge in [-0.15, -0.1) is 0 Å². The molecule has 1 aromatic heterocycles. The van der Waals surface area contributed by atoms with Gasteiger partial charge in [0.15, 0.2) is 5.78 Å². The minimum absolute atomic E-state index is 0.00305. The average molecular weight is 485 g/mol. The fourth-order valence-corrected chi connectivity index (χ4v) is 4.64. The van der Waals surface area contributed by atoms with Crippen LogP contribution in [0.1, 0.15) is 29.3 Å². The number of benzene rings is 2. The third kappa shape index (κ3) is 4.69. The standard InChI is InChI=1S/C25H26ClFN4O3/c1-15(32)19-13-30(21-9-4-3-7-18(19)21)14-23(33)31-12-17(28-2)10-22(31)25(34)29-11-16-6-5-8-20(26)24(16)27/h3-9,13,17,22,28H,10-12,14H2,1-2H3,(H,29,34)/t17-,22-/m0/s1. The molecule has 0 radical (unpaired) electrons. The second-order valence-corrected chi connectivity index (χ2v) is 8.87. The molecule has 0 spiro atoms. The van der Waals surface area contributed by atoms with Gasteiger partial charge in [-0.05, 0) is 32.5 Å². The monoisotopic (exact) mass is 484 g/mol. The highest BCUT2D eigenvalue weighted by Gasteiger charge is 2.39. The number of Topliss-reactive ketones (excluding diaryl/α,β-unsaturated/α-hetero) is 1. The number of rotatable bonds is 7. The number of hydrogen-bond acceptors (Lipinski definition) is 4. The Bertz CT molecular complexity index is 1260. The van der Waals surface area contributed by atoms with E-state index in [1.807, 2.05) is 24.3 Å². The largest absolute Gasteiger partial charge is 0.350 e. The Hall–Kier alpha value is -3.23. The molecule has 178 valence electrons. The van der Waals surface area contributed by atoms with Gasteiger partial charge in [0.25, 0.3) is 0 Å². The van der Waals surface area contributed by atoms with Crippen molar-refractivity contribution in [1.29, 1.82) is 0 Å². The normalized spacial score (nSPS) is 17.8. The van der Waals surface area contributed by atoms with Crippen LogP contribution < -0.4 is 10.6 Å². The van der Waals surface area contributed by atoms with Gasteiger partial charge in [-0.2, -0.15) is 0 Å². The minimum Gasteiger partial charge on any atom is -0.350 e. The van der Waals surface area contributed by atoms with Crippen molar-refractivity contribution in [1.82, 2.24) is 20.1 Å². The zero-order valence-electron chi connectivity index (χ0n) is 19.0. The lowest BCUT2D eigenvalue weighted by molar-refractivity contribution is -0.138. The van der Waals surface area contributed by atoms with E-state index in [2.05, 4.69) is 10.6 Å². The summed E-state index contributed by atoms with van der Waals surface area (Å²) in [6.07, 6.45) is 2.13. The van der Waals surface area contributed by atoms with Crippen LogP contribution in [0.5, 0.6) is 0 Å². The van der Waals surface area contributed by atoms with E-state index < -0.39 is 11.9 Å². The first-order chi connectivity index (χ1) is 16.3. The summed E-state index contributed by atoms with van der Waals surface area (Å²) in [5.41, 5.74) is 1.61. The molecule has 7 nitrogen and oxygen atoms in total. The molecule has 2 atom stereocenters. The summed E-state index contributed by atoms with van der Waals surface area (Å²) in [6, 6.07) is 11.3. The summed E-state index contributed by atoms with van der Waals surface area (Å²) in [6.45, 7) is 1.84. The Morgan fingerprint density at radius 1 is 1.15 bits per heavy atom. The van der Waals surface area contributed by atoms with Crippen LogP contribution in [-0.2, 0) is 22.7 Å². The highest BCUT2D eigenvalue weighted by atomic mass is 35.5. The summed E-state index contributed by atoms with van der Waals surface area (Å²) in [5.74, 6) is -1.24. The predicted octanol–water partition coefficient (Wildman–Crippen LogP) is 3.14. The Labute approximate surface area is 201 Å². The van der Waals surface area contributed by atoms with Gasteiger partial charge in [0.1, 0.15) is 18.4 Å². The molecule has 34 heavy (non-hydrogen) atoms. The molecule has 3 aromatic rings. The fraction of sp³-hybridized carbons (Fsp3) is 0.320. The number of fused-ring (bicyclic) bond motifs is 1. The van der Waals surface area contributed by atoms with E-state index in [-0.39, 0.29) is 47.3 Å². The van der Waals surface area contributed by atoms with Crippen LogP contribution >= 0.6 is 11.6 Å². The molecule has 0 unspecified atom stereocenters. The zero-order chi connectivity index (χ0) is 24.4. The molecule has 9 heteroatoms. The molecule has 0 saturated carbocycles. The van der Waals surface area contributed by atoms with Crippen LogP contribution in [0.15, 0.2) is 48.7 Å². The van der Waals surface area contributed by atoms with Gasteiger partial charge in [-0.25, -0.2) is 4.39 Å². The quantitative estimate of drug-likeness (QED) is 0.505. The number of ketones is 1. The molecule has 2 aromatic carbocycles. The highest BCUT2D eigenvalue weighted by molar-refractivity contribution is 6.30. The number of hydrogen-bond donors (Lipinski definition) is 2. The number of likely N-dealkylation sites (N-methyl/N-ethyl adjacent to an activating group) is 1. The Morgan fingerprint density at radius 3 is 2.65 bits per heavy atom. The molecule has 4 rings (SSSR count). The molecule has 0 aliphatic carbocycles. The van der Waals surface area contributed by atoms with Gasteiger partial charge in [0.05, 0.1) is 5.02 Å². The van der Waals surface area contributed by atoms with E-state index >= 15 is 0 Å². The minimum atomic E-state index is -0.693. The Balaban J connectivity index is 1.52. The lowest BCUT2D eigenvalue weighted by atomic mass is 10.1. The first-order valence-electron chi connectivity index (χ1n) is 11.1. The Morgan fingerprint density at radius 2 is 1.91 bits per heavy atom. The van der Waals surface area contributed by atoms with Gasteiger partial charge < -0.3 is 20.1 Å². The van der Waals surface area contributed by atoms with Crippen LogP contribution in [0.4, 0.5) is 4.39 Å². The molecule has 1 aliphatic rings. The number of likely N-dealkylation sites (tertiary alicyclic amines) is 1. The van der Waals surface area contributed by atoms with Crippen molar-refractivity contribution in [2.45, 2.75) is 38.5 Å². The maximum atomic E-state index is 14.2. The zero-order valence-corrected chi connectivity index (χ0v) is 19.7. The van der Waals surface area contributed by atoms with Gasteiger partial charge in [-0.3, -0.25) is 14.4 Å². The number of para-hydroxylation sites is 1. The topological polar surface area (TPSA) is 83.4 Å². The molecule has 2 amide bonds.